The number of para-hydroxylation sites is 1. The van der Waals surface area contributed by atoms with Gasteiger partial charge in [0.25, 0.3) is 5.91 Å². The molecule has 80 valence electrons. The van der Waals surface area contributed by atoms with Gasteiger partial charge in [0.15, 0.2) is 0 Å². The zero-order valence-electron chi connectivity index (χ0n) is 8.28. The molecule has 0 aliphatic carbocycles. The smallest absolute Gasteiger partial charge is 0.257 e. The molecule has 1 aliphatic heterocycles. The van der Waals surface area contributed by atoms with Gasteiger partial charge >= 0.3 is 0 Å². The van der Waals surface area contributed by atoms with Crippen LogP contribution in [-0.2, 0) is 0 Å². The van der Waals surface area contributed by atoms with Gasteiger partial charge < -0.3 is 9.64 Å². The van der Waals surface area contributed by atoms with E-state index in [0.717, 1.165) is 11.9 Å². The fourth-order valence-corrected chi connectivity index (χ4v) is 2.05. The Hall–Kier alpha value is -1.03. The molecule has 0 bridgehead atoms. The van der Waals surface area contributed by atoms with Gasteiger partial charge in [-0.3, -0.25) is 4.79 Å². The first-order valence-corrected chi connectivity index (χ1v) is 6.02. The maximum Gasteiger partial charge on any atom is 0.257 e. The van der Waals surface area contributed by atoms with Crippen LogP contribution in [0.4, 0.5) is 0 Å². The lowest BCUT2D eigenvalue weighted by atomic mass is 10.2. The molecule has 0 radical (unpaired) electrons. The molecular formula is C11H12BrNO2. The van der Waals surface area contributed by atoms with Gasteiger partial charge in [0.05, 0.1) is 12.1 Å². The number of nitrogens with zero attached hydrogens (tertiary/aromatic N) is 1. The van der Waals surface area contributed by atoms with Crippen molar-refractivity contribution in [2.75, 3.05) is 25.0 Å². The number of rotatable bonds is 2. The van der Waals surface area contributed by atoms with E-state index in [4.69, 9.17) is 4.74 Å². The Bertz CT molecular complexity index is 367. The van der Waals surface area contributed by atoms with E-state index in [1.165, 1.54) is 0 Å². The maximum absolute atomic E-state index is 12.1. The van der Waals surface area contributed by atoms with E-state index in [2.05, 4.69) is 15.9 Å². The van der Waals surface area contributed by atoms with Gasteiger partial charge in [-0.2, -0.15) is 0 Å². The number of alkyl halides is 1. The summed E-state index contributed by atoms with van der Waals surface area (Å²) in [5.41, 5.74) is 0.663. The van der Waals surface area contributed by atoms with Crippen molar-refractivity contribution in [1.29, 1.82) is 0 Å². The predicted molar refractivity (Wildman–Crippen MR) is 61.6 cm³/mol. The normalized spacial score (nSPS) is 15.5. The topological polar surface area (TPSA) is 29.5 Å². The van der Waals surface area contributed by atoms with Gasteiger partial charge in [-0.1, -0.05) is 28.1 Å². The molecule has 0 saturated carbocycles. The highest BCUT2D eigenvalue weighted by Crippen LogP contribution is 2.22. The number of hydrogen-bond acceptors (Lipinski definition) is 2. The first-order chi connectivity index (χ1) is 7.33. The lowest BCUT2D eigenvalue weighted by Gasteiger charge is -2.18. The Labute approximate surface area is 97.2 Å². The van der Waals surface area contributed by atoms with E-state index < -0.39 is 0 Å². The van der Waals surface area contributed by atoms with Gasteiger partial charge in [0, 0.05) is 11.9 Å². The van der Waals surface area contributed by atoms with Crippen molar-refractivity contribution in [2.45, 2.75) is 0 Å². The molecule has 0 spiro atoms. The van der Waals surface area contributed by atoms with Crippen LogP contribution in [-0.4, -0.2) is 35.8 Å². The number of amides is 1. The van der Waals surface area contributed by atoms with Crippen LogP contribution in [0.1, 0.15) is 10.4 Å². The fourth-order valence-electron chi connectivity index (χ4n) is 1.62. The van der Waals surface area contributed by atoms with Crippen LogP contribution in [0.3, 0.4) is 0 Å². The third-order valence-corrected chi connectivity index (χ3v) is 2.73. The van der Waals surface area contributed by atoms with Crippen molar-refractivity contribution < 1.29 is 9.53 Å². The lowest BCUT2D eigenvalue weighted by Crippen LogP contribution is -2.33. The summed E-state index contributed by atoms with van der Waals surface area (Å²) >= 11 is 3.34. The molecule has 15 heavy (non-hydrogen) atoms. The summed E-state index contributed by atoms with van der Waals surface area (Å²) in [4.78, 5) is 13.9. The summed E-state index contributed by atoms with van der Waals surface area (Å²) < 4.78 is 5.52. The summed E-state index contributed by atoms with van der Waals surface area (Å²) in [5, 5.41) is 0.793. The van der Waals surface area contributed by atoms with Gasteiger partial charge in [-0.15, -0.1) is 0 Å². The standard InChI is InChI=1S/C11H12BrNO2/c12-5-6-13-7-8-15-10-4-2-1-3-9(10)11(13)14/h1-4H,5-8H2. The molecule has 1 amide bonds. The number of benzene rings is 1. The van der Waals surface area contributed by atoms with Gasteiger partial charge in [0.2, 0.25) is 0 Å². The summed E-state index contributed by atoms with van der Waals surface area (Å²) in [6.07, 6.45) is 0. The highest BCUT2D eigenvalue weighted by atomic mass is 79.9. The molecule has 2 rings (SSSR count). The second-order valence-electron chi connectivity index (χ2n) is 3.33. The monoisotopic (exact) mass is 269 g/mol. The number of carbonyl (C=O) groups excluding carboxylic acids is 1. The molecule has 4 heteroatoms. The molecule has 0 fully saturated rings. The molecule has 1 heterocycles. The van der Waals surface area contributed by atoms with Gasteiger partial charge in [0.1, 0.15) is 12.4 Å². The number of fused-ring (bicyclic) bond motifs is 1. The van der Waals surface area contributed by atoms with Crippen molar-refractivity contribution >= 4 is 21.8 Å². The van der Waals surface area contributed by atoms with Gasteiger partial charge in [-0.25, -0.2) is 0 Å². The molecule has 0 unspecified atom stereocenters. The van der Waals surface area contributed by atoms with Crippen molar-refractivity contribution in [3.63, 3.8) is 0 Å². The minimum atomic E-state index is 0.0579. The van der Waals surface area contributed by atoms with Gasteiger partial charge in [-0.05, 0) is 12.1 Å². The predicted octanol–water partition coefficient (Wildman–Crippen LogP) is 1.92. The first kappa shape index (κ1) is 10.5. The zero-order chi connectivity index (χ0) is 10.7. The third-order valence-electron chi connectivity index (χ3n) is 2.38. The van der Waals surface area contributed by atoms with Crippen LogP contribution >= 0.6 is 15.9 Å². The Kier molecular flexibility index (Phi) is 3.26. The second-order valence-corrected chi connectivity index (χ2v) is 4.12. The average Bonchev–Trinajstić information content (AvgIpc) is 2.41. The molecule has 1 aromatic carbocycles. The Balaban J connectivity index is 2.30. The van der Waals surface area contributed by atoms with Crippen LogP contribution in [0.5, 0.6) is 5.75 Å². The van der Waals surface area contributed by atoms with Crippen LogP contribution in [0.2, 0.25) is 0 Å². The zero-order valence-corrected chi connectivity index (χ0v) is 9.87. The Morgan fingerprint density at radius 2 is 2.20 bits per heavy atom. The molecule has 1 aromatic rings. The summed E-state index contributed by atoms with van der Waals surface area (Å²) in [7, 11) is 0. The van der Waals surface area contributed by atoms with Crippen LogP contribution in [0, 0.1) is 0 Å². The van der Waals surface area contributed by atoms with Crippen LogP contribution < -0.4 is 4.74 Å². The minimum Gasteiger partial charge on any atom is -0.491 e. The first-order valence-electron chi connectivity index (χ1n) is 4.90. The second kappa shape index (κ2) is 4.66. The lowest BCUT2D eigenvalue weighted by molar-refractivity contribution is 0.0767. The number of hydrogen-bond donors (Lipinski definition) is 0. The molecule has 1 aliphatic rings. The van der Waals surface area contributed by atoms with E-state index in [1.54, 1.807) is 4.90 Å². The Morgan fingerprint density at radius 3 is 3.00 bits per heavy atom. The summed E-state index contributed by atoms with van der Waals surface area (Å²) in [5.74, 6) is 0.752. The van der Waals surface area contributed by atoms with Crippen LogP contribution in [0.15, 0.2) is 24.3 Å². The Morgan fingerprint density at radius 1 is 1.40 bits per heavy atom. The van der Waals surface area contributed by atoms with Crippen molar-refractivity contribution in [3.8, 4) is 5.75 Å². The summed E-state index contributed by atoms with van der Waals surface area (Å²) in [6, 6.07) is 7.39. The number of halogens is 1. The highest BCUT2D eigenvalue weighted by Gasteiger charge is 2.21. The highest BCUT2D eigenvalue weighted by molar-refractivity contribution is 9.09. The molecule has 0 N–H and O–H groups in total. The van der Waals surface area contributed by atoms with E-state index in [0.29, 0.717) is 24.5 Å². The van der Waals surface area contributed by atoms with Crippen molar-refractivity contribution in [1.82, 2.24) is 4.90 Å². The van der Waals surface area contributed by atoms with E-state index in [9.17, 15) is 4.79 Å². The molecular weight excluding hydrogens is 258 g/mol. The van der Waals surface area contributed by atoms with E-state index in [1.807, 2.05) is 24.3 Å². The average molecular weight is 270 g/mol. The molecule has 0 saturated heterocycles. The van der Waals surface area contributed by atoms with Crippen molar-refractivity contribution in [3.05, 3.63) is 29.8 Å². The largest absolute Gasteiger partial charge is 0.491 e. The quantitative estimate of drug-likeness (QED) is 0.768. The SMILES string of the molecule is O=C1c2ccccc2OCCN1CCBr. The van der Waals surface area contributed by atoms with E-state index in [-0.39, 0.29) is 5.91 Å². The molecule has 0 atom stereocenters. The maximum atomic E-state index is 12.1. The summed E-state index contributed by atoms with van der Waals surface area (Å²) in [6.45, 7) is 1.94. The van der Waals surface area contributed by atoms with E-state index >= 15 is 0 Å². The number of ether oxygens (including phenoxy) is 1. The third kappa shape index (κ3) is 2.15. The van der Waals surface area contributed by atoms with Crippen molar-refractivity contribution in [2.24, 2.45) is 0 Å². The molecule has 3 nitrogen and oxygen atoms in total. The molecule has 0 aromatic heterocycles. The van der Waals surface area contributed by atoms with Crippen LogP contribution in [0.25, 0.3) is 0 Å². The fraction of sp³-hybridized carbons (Fsp3) is 0.364. The minimum absolute atomic E-state index is 0.0579. The number of carbonyl (C=O) groups is 1.